The molecule has 0 saturated heterocycles. The maximum absolute atomic E-state index is 13.3. The van der Waals surface area contributed by atoms with Crippen LogP contribution in [0.25, 0.3) is 0 Å². The molecule has 0 N–H and O–H groups in total. The van der Waals surface area contributed by atoms with Gasteiger partial charge in [-0.1, -0.05) is 6.07 Å². The van der Waals surface area contributed by atoms with E-state index in [1.165, 1.54) is 42.2 Å². The Morgan fingerprint density at radius 3 is 2.58 bits per heavy atom. The van der Waals surface area contributed by atoms with Gasteiger partial charge >= 0.3 is 0 Å². The van der Waals surface area contributed by atoms with Crippen LogP contribution in [0, 0.1) is 0 Å². The normalized spacial score (nSPS) is 11.7. The molecule has 138 valence electrons. The van der Waals surface area contributed by atoms with Gasteiger partial charge in [0.05, 0.1) is 26.7 Å². The minimum atomic E-state index is -3.80. The molecular weight excluding hydrogens is 374 g/mol. The molecule has 26 heavy (non-hydrogen) atoms. The first-order chi connectivity index (χ1) is 12.5. The third-order valence-electron chi connectivity index (χ3n) is 3.84. The van der Waals surface area contributed by atoms with Crippen LogP contribution in [-0.4, -0.2) is 26.9 Å². The fraction of sp³-hybridized carbons (Fsp3) is 0.222. The Labute approximate surface area is 156 Å². The number of nitrogens with zero attached hydrogens (tertiary/aromatic N) is 1. The highest BCUT2D eigenvalue weighted by Crippen LogP contribution is 2.32. The van der Waals surface area contributed by atoms with Gasteiger partial charge in [0, 0.05) is 29.6 Å². The van der Waals surface area contributed by atoms with Gasteiger partial charge in [-0.15, -0.1) is 11.3 Å². The zero-order valence-electron chi connectivity index (χ0n) is 14.4. The zero-order valence-corrected chi connectivity index (χ0v) is 16.0. The summed E-state index contributed by atoms with van der Waals surface area (Å²) in [7, 11) is -0.846. The van der Waals surface area contributed by atoms with Crippen molar-refractivity contribution >= 4 is 21.4 Å². The first-order valence-electron chi connectivity index (χ1n) is 7.80. The van der Waals surface area contributed by atoms with E-state index in [0.29, 0.717) is 5.75 Å². The van der Waals surface area contributed by atoms with Gasteiger partial charge in [0.15, 0.2) is 0 Å². The lowest BCUT2D eigenvalue weighted by molar-refractivity contribution is 0.375. The molecule has 0 unspecified atom stereocenters. The number of thiophene rings is 1. The summed E-state index contributed by atoms with van der Waals surface area (Å²) in [6.07, 6.45) is 3.07. The van der Waals surface area contributed by atoms with Crippen LogP contribution in [0.2, 0.25) is 0 Å². The van der Waals surface area contributed by atoms with Crippen molar-refractivity contribution in [3.63, 3.8) is 0 Å². The van der Waals surface area contributed by atoms with Crippen LogP contribution in [0.15, 0.2) is 63.6 Å². The van der Waals surface area contributed by atoms with Crippen LogP contribution in [0.5, 0.6) is 11.5 Å². The van der Waals surface area contributed by atoms with E-state index in [4.69, 9.17) is 13.9 Å². The molecule has 0 atom stereocenters. The SMILES string of the molecule is COc1ccc(S(=O)(=O)N(Cc2ccoc2)Cc2cccs2)c(OC)c1. The molecule has 0 spiro atoms. The molecule has 0 amide bonds. The van der Waals surface area contributed by atoms with E-state index in [1.807, 2.05) is 17.5 Å². The summed E-state index contributed by atoms with van der Waals surface area (Å²) < 4.78 is 43.6. The first kappa shape index (κ1) is 18.5. The van der Waals surface area contributed by atoms with Gasteiger partial charge in [-0.05, 0) is 29.6 Å². The van der Waals surface area contributed by atoms with Crippen molar-refractivity contribution in [1.82, 2.24) is 4.31 Å². The Morgan fingerprint density at radius 2 is 1.96 bits per heavy atom. The maximum atomic E-state index is 13.3. The van der Waals surface area contributed by atoms with Crippen molar-refractivity contribution < 1.29 is 22.3 Å². The van der Waals surface area contributed by atoms with Crippen LogP contribution in [-0.2, 0) is 23.1 Å². The van der Waals surface area contributed by atoms with E-state index in [0.717, 1.165) is 10.4 Å². The number of rotatable bonds is 8. The van der Waals surface area contributed by atoms with Crippen molar-refractivity contribution in [2.75, 3.05) is 14.2 Å². The lowest BCUT2D eigenvalue weighted by Crippen LogP contribution is -2.30. The molecule has 0 saturated carbocycles. The molecule has 2 heterocycles. The van der Waals surface area contributed by atoms with Crippen molar-refractivity contribution in [3.05, 3.63) is 64.7 Å². The monoisotopic (exact) mass is 393 g/mol. The van der Waals surface area contributed by atoms with E-state index < -0.39 is 10.0 Å². The van der Waals surface area contributed by atoms with Crippen LogP contribution in [0.3, 0.4) is 0 Å². The number of sulfonamides is 1. The summed E-state index contributed by atoms with van der Waals surface area (Å²) in [6, 6.07) is 10.2. The number of ether oxygens (including phenoxy) is 2. The summed E-state index contributed by atoms with van der Waals surface area (Å²) in [6.45, 7) is 0.465. The van der Waals surface area contributed by atoms with Gasteiger partial charge in [-0.25, -0.2) is 8.42 Å². The molecule has 0 bridgehead atoms. The Kier molecular flexibility index (Phi) is 5.65. The molecule has 3 rings (SSSR count). The molecule has 0 aliphatic rings. The van der Waals surface area contributed by atoms with Crippen molar-refractivity contribution in [2.45, 2.75) is 18.0 Å². The molecule has 0 aliphatic carbocycles. The zero-order chi connectivity index (χ0) is 18.6. The van der Waals surface area contributed by atoms with Gasteiger partial charge in [-0.2, -0.15) is 4.31 Å². The van der Waals surface area contributed by atoms with Crippen molar-refractivity contribution in [1.29, 1.82) is 0 Å². The highest BCUT2D eigenvalue weighted by Gasteiger charge is 2.29. The second-order valence-corrected chi connectivity index (χ2v) is 8.44. The predicted molar refractivity (Wildman–Crippen MR) is 99.0 cm³/mol. The highest BCUT2D eigenvalue weighted by atomic mass is 32.2. The van der Waals surface area contributed by atoms with Crippen LogP contribution >= 0.6 is 11.3 Å². The van der Waals surface area contributed by atoms with Crippen LogP contribution in [0.1, 0.15) is 10.4 Å². The van der Waals surface area contributed by atoms with Gasteiger partial charge in [0.1, 0.15) is 16.4 Å². The third-order valence-corrected chi connectivity index (χ3v) is 6.53. The fourth-order valence-electron chi connectivity index (χ4n) is 2.52. The van der Waals surface area contributed by atoms with Crippen molar-refractivity contribution in [2.24, 2.45) is 0 Å². The van der Waals surface area contributed by atoms with E-state index >= 15 is 0 Å². The van der Waals surface area contributed by atoms with Gasteiger partial charge < -0.3 is 13.9 Å². The summed E-state index contributed by atoms with van der Waals surface area (Å²) in [4.78, 5) is 1.05. The minimum absolute atomic E-state index is 0.0980. The van der Waals surface area contributed by atoms with Crippen LogP contribution < -0.4 is 9.47 Å². The first-order valence-corrected chi connectivity index (χ1v) is 10.1. The fourth-order valence-corrected chi connectivity index (χ4v) is 4.86. The maximum Gasteiger partial charge on any atom is 0.247 e. The Balaban J connectivity index is 2.00. The summed E-state index contributed by atoms with van der Waals surface area (Å²) in [5.74, 6) is 0.771. The largest absolute Gasteiger partial charge is 0.497 e. The Hall–Kier alpha value is -2.29. The van der Waals surface area contributed by atoms with E-state index in [2.05, 4.69) is 0 Å². The quantitative estimate of drug-likeness (QED) is 0.583. The number of hydrogen-bond donors (Lipinski definition) is 0. The average Bonchev–Trinajstić information content (AvgIpc) is 3.34. The molecular formula is C18H19NO5S2. The summed E-state index contributed by atoms with van der Waals surface area (Å²) >= 11 is 1.51. The van der Waals surface area contributed by atoms with Crippen molar-refractivity contribution in [3.8, 4) is 11.5 Å². The average molecular weight is 393 g/mol. The minimum Gasteiger partial charge on any atom is -0.497 e. The topological polar surface area (TPSA) is 69.0 Å². The third kappa shape index (κ3) is 3.92. The molecule has 2 aromatic heterocycles. The van der Waals surface area contributed by atoms with Gasteiger partial charge in [0.25, 0.3) is 0 Å². The van der Waals surface area contributed by atoms with E-state index in [1.54, 1.807) is 24.5 Å². The molecule has 0 aliphatic heterocycles. The molecule has 8 heteroatoms. The lowest BCUT2D eigenvalue weighted by atomic mass is 10.3. The van der Waals surface area contributed by atoms with E-state index in [-0.39, 0.29) is 23.7 Å². The van der Waals surface area contributed by atoms with Gasteiger partial charge in [0.2, 0.25) is 10.0 Å². The number of hydrogen-bond acceptors (Lipinski definition) is 6. The highest BCUT2D eigenvalue weighted by molar-refractivity contribution is 7.89. The molecule has 3 aromatic rings. The molecule has 0 radical (unpaired) electrons. The second kappa shape index (κ2) is 7.94. The Morgan fingerprint density at radius 1 is 1.12 bits per heavy atom. The number of methoxy groups -OCH3 is 2. The summed E-state index contributed by atoms with van der Waals surface area (Å²) in [5.41, 5.74) is 0.776. The lowest BCUT2D eigenvalue weighted by Gasteiger charge is -2.22. The number of benzene rings is 1. The molecule has 6 nitrogen and oxygen atoms in total. The smallest absolute Gasteiger partial charge is 0.247 e. The Bertz CT molecular complexity index is 898. The predicted octanol–water partition coefficient (Wildman–Crippen LogP) is 3.75. The van der Waals surface area contributed by atoms with E-state index in [9.17, 15) is 8.42 Å². The van der Waals surface area contributed by atoms with Crippen LogP contribution in [0.4, 0.5) is 0 Å². The van der Waals surface area contributed by atoms with Gasteiger partial charge in [-0.3, -0.25) is 0 Å². The standard InChI is InChI=1S/C18H19NO5S2/c1-22-15-5-6-18(17(10-15)23-2)26(20,21)19(11-14-7-8-24-13-14)12-16-4-3-9-25-16/h3-10,13H,11-12H2,1-2H3. The second-order valence-electron chi connectivity index (χ2n) is 5.50. The summed E-state index contributed by atoms with van der Waals surface area (Å²) in [5, 5.41) is 1.92. The molecule has 0 fully saturated rings. The molecule has 1 aromatic carbocycles. The number of furan rings is 1.